The number of carboxylic acid groups (broad SMARTS) is 1. The van der Waals surface area contributed by atoms with E-state index in [0.717, 1.165) is 11.8 Å². The monoisotopic (exact) mass is 335 g/mol. The van der Waals surface area contributed by atoms with E-state index in [1.54, 1.807) is 11.9 Å². The molecule has 7 nitrogen and oxygen atoms in total. The Hall–Kier alpha value is -2.61. The maximum Gasteiger partial charge on any atom is 0.339 e. The van der Waals surface area contributed by atoms with Crippen molar-refractivity contribution in [3.05, 3.63) is 53.7 Å². The topological polar surface area (TPSA) is 99.6 Å². The van der Waals surface area contributed by atoms with Crippen LogP contribution in [0.25, 0.3) is 0 Å². The van der Waals surface area contributed by atoms with Crippen molar-refractivity contribution in [2.45, 2.75) is 6.54 Å². The highest BCUT2D eigenvalue weighted by molar-refractivity contribution is 7.92. The summed E-state index contributed by atoms with van der Waals surface area (Å²) in [4.78, 5) is 17.2. The minimum absolute atomic E-state index is 0.0721. The van der Waals surface area contributed by atoms with E-state index in [1.807, 2.05) is 30.3 Å². The summed E-state index contributed by atoms with van der Waals surface area (Å²) >= 11 is 0. The molecular weight excluding hydrogens is 318 g/mol. The fourth-order valence-corrected chi connectivity index (χ4v) is 2.66. The maximum absolute atomic E-state index is 11.5. The van der Waals surface area contributed by atoms with Crippen molar-refractivity contribution in [1.82, 2.24) is 4.98 Å². The van der Waals surface area contributed by atoms with Crippen LogP contribution in [0.4, 0.5) is 11.5 Å². The number of hydrogen-bond acceptors (Lipinski definition) is 5. The molecule has 0 saturated carbocycles. The molecule has 0 bridgehead atoms. The molecule has 2 rings (SSSR count). The number of nitrogens with one attached hydrogen (secondary N) is 1. The summed E-state index contributed by atoms with van der Waals surface area (Å²) in [6.45, 7) is 0.479. The molecule has 1 aromatic carbocycles. The first kappa shape index (κ1) is 16.8. The molecule has 1 aromatic heterocycles. The number of anilines is 2. The Morgan fingerprint density at radius 3 is 2.52 bits per heavy atom. The van der Waals surface area contributed by atoms with Crippen molar-refractivity contribution in [2.75, 3.05) is 22.9 Å². The summed E-state index contributed by atoms with van der Waals surface area (Å²) in [5.41, 5.74) is 1.05. The molecule has 0 amide bonds. The highest BCUT2D eigenvalue weighted by Gasteiger charge is 2.17. The molecular formula is C15H17N3O4S. The molecule has 0 saturated heterocycles. The van der Waals surface area contributed by atoms with Gasteiger partial charge in [-0.1, -0.05) is 30.3 Å². The van der Waals surface area contributed by atoms with Crippen molar-refractivity contribution in [2.24, 2.45) is 0 Å². The SMILES string of the molecule is CN(Cc1ccccc1)c1ncc(NS(C)(=O)=O)cc1C(=O)O. The van der Waals surface area contributed by atoms with E-state index in [2.05, 4.69) is 9.71 Å². The molecule has 0 aliphatic carbocycles. The van der Waals surface area contributed by atoms with Gasteiger partial charge >= 0.3 is 5.97 Å². The first-order chi connectivity index (χ1) is 10.8. The van der Waals surface area contributed by atoms with Gasteiger partial charge in [-0.2, -0.15) is 0 Å². The number of rotatable bonds is 6. The highest BCUT2D eigenvalue weighted by Crippen LogP contribution is 2.22. The number of nitrogens with zero attached hydrogens (tertiary/aromatic N) is 2. The lowest BCUT2D eigenvalue weighted by Crippen LogP contribution is -2.21. The van der Waals surface area contributed by atoms with Gasteiger partial charge in [-0.3, -0.25) is 4.72 Å². The molecule has 8 heteroatoms. The van der Waals surface area contributed by atoms with Crippen LogP contribution in [0.1, 0.15) is 15.9 Å². The molecule has 0 aliphatic rings. The minimum Gasteiger partial charge on any atom is -0.478 e. The first-order valence-corrected chi connectivity index (χ1v) is 8.61. The number of aromatic carboxylic acids is 1. The summed E-state index contributed by atoms with van der Waals surface area (Å²) < 4.78 is 24.7. The van der Waals surface area contributed by atoms with E-state index in [4.69, 9.17) is 0 Å². The Bertz CT molecular complexity index is 807. The third kappa shape index (κ3) is 4.68. The Kier molecular flexibility index (Phi) is 4.85. The molecule has 23 heavy (non-hydrogen) atoms. The van der Waals surface area contributed by atoms with Gasteiger partial charge in [-0.15, -0.1) is 0 Å². The van der Waals surface area contributed by atoms with E-state index in [9.17, 15) is 18.3 Å². The predicted molar refractivity (Wildman–Crippen MR) is 88.2 cm³/mol. The lowest BCUT2D eigenvalue weighted by Gasteiger charge is -2.20. The molecule has 0 radical (unpaired) electrons. The van der Waals surface area contributed by atoms with Gasteiger partial charge in [0.05, 0.1) is 18.1 Å². The molecule has 0 unspecified atom stereocenters. The van der Waals surface area contributed by atoms with Crippen LogP contribution in [0.3, 0.4) is 0 Å². The van der Waals surface area contributed by atoms with Crippen molar-refractivity contribution < 1.29 is 18.3 Å². The van der Waals surface area contributed by atoms with Gasteiger partial charge in [0.25, 0.3) is 0 Å². The van der Waals surface area contributed by atoms with Crippen molar-refractivity contribution >= 4 is 27.5 Å². The second-order valence-electron chi connectivity index (χ2n) is 5.12. The number of sulfonamides is 1. The third-order valence-corrected chi connectivity index (χ3v) is 3.63. The van der Waals surface area contributed by atoms with E-state index < -0.39 is 16.0 Å². The largest absolute Gasteiger partial charge is 0.478 e. The molecule has 0 fully saturated rings. The first-order valence-electron chi connectivity index (χ1n) is 6.72. The van der Waals surface area contributed by atoms with Gasteiger partial charge in [0, 0.05) is 13.6 Å². The summed E-state index contributed by atoms with van der Waals surface area (Å²) in [6.07, 6.45) is 2.28. The minimum atomic E-state index is -3.50. The van der Waals surface area contributed by atoms with Gasteiger partial charge in [0.15, 0.2) is 0 Å². The van der Waals surface area contributed by atoms with E-state index in [0.29, 0.717) is 6.54 Å². The van der Waals surface area contributed by atoms with Crippen LogP contribution in [0.5, 0.6) is 0 Å². The Balaban J connectivity index is 2.32. The number of pyridine rings is 1. The van der Waals surface area contributed by atoms with E-state index in [-0.39, 0.29) is 17.1 Å². The van der Waals surface area contributed by atoms with Crippen molar-refractivity contribution in [3.63, 3.8) is 0 Å². The van der Waals surface area contributed by atoms with Crippen LogP contribution in [0, 0.1) is 0 Å². The number of carboxylic acids is 1. The zero-order chi connectivity index (χ0) is 17.0. The number of aromatic nitrogens is 1. The standard InChI is InChI=1S/C15H17N3O4S/c1-18(10-11-6-4-3-5-7-11)14-13(15(19)20)8-12(9-16-14)17-23(2,21)22/h3-9,17H,10H2,1-2H3,(H,19,20). The Morgan fingerprint density at radius 1 is 1.30 bits per heavy atom. The molecule has 122 valence electrons. The predicted octanol–water partition coefficient (Wildman–Crippen LogP) is 1.79. The molecule has 0 aliphatic heterocycles. The van der Waals surface area contributed by atoms with Gasteiger partial charge in [0.2, 0.25) is 10.0 Å². The second-order valence-corrected chi connectivity index (χ2v) is 6.86. The van der Waals surface area contributed by atoms with Crippen LogP contribution >= 0.6 is 0 Å². The zero-order valence-electron chi connectivity index (χ0n) is 12.7. The lowest BCUT2D eigenvalue weighted by atomic mass is 10.2. The van der Waals surface area contributed by atoms with Crippen LogP contribution in [-0.4, -0.2) is 37.8 Å². The van der Waals surface area contributed by atoms with Gasteiger partial charge in [-0.05, 0) is 11.6 Å². The van der Waals surface area contributed by atoms with Crippen LogP contribution < -0.4 is 9.62 Å². The average molecular weight is 335 g/mol. The van der Waals surface area contributed by atoms with Gasteiger partial charge < -0.3 is 10.0 Å². The Morgan fingerprint density at radius 2 is 1.96 bits per heavy atom. The zero-order valence-corrected chi connectivity index (χ0v) is 13.5. The van der Waals surface area contributed by atoms with Crippen LogP contribution in [0.15, 0.2) is 42.6 Å². The van der Waals surface area contributed by atoms with Crippen LogP contribution in [0.2, 0.25) is 0 Å². The normalized spacial score (nSPS) is 11.0. The molecule has 0 atom stereocenters. The molecule has 2 N–H and O–H groups in total. The molecule has 2 aromatic rings. The summed E-state index contributed by atoms with van der Waals surface area (Å²) in [5.74, 6) is -0.912. The quantitative estimate of drug-likeness (QED) is 0.835. The van der Waals surface area contributed by atoms with Crippen LogP contribution in [-0.2, 0) is 16.6 Å². The fraction of sp³-hybridized carbons (Fsp3) is 0.200. The van der Waals surface area contributed by atoms with E-state index in [1.165, 1.54) is 12.3 Å². The smallest absolute Gasteiger partial charge is 0.339 e. The lowest BCUT2D eigenvalue weighted by molar-refractivity contribution is 0.0697. The van der Waals surface area contributed by atoms with Crippen molar-refractivity contribution in [1.29, 1.82) is 0 Å². The van der Waals surface area contributed by atoms with Gasteiger partial charge in [-0.25, -0.2) is 18.2 Å². The average Bonchev–Trinajstić information content (AvgIpc) is 2.46. The summed E-state index contributed by atoms with van der Waals surface area (Å²) in [6, 6.07) is 10.8. The summed E-state index contributed by atoms with van der Waals surface area (Å²) in [7, 11) is -1.77. The fourth-order valence-electron chi connectivity index (χ4n) is 2.12. The second kappa shape index (κ2) is 6.66. The highest BCUT2D eigenvalue weighted by atomic mass is 32.2. The van der Waals surface area contributed by atoms with Crippen molar-refractivity contribution in [3.8, 4) is 0 Å². The third-order valence-electron chi connectivity index (χ3n) is 3.02. The maximum atomic E-state index is 11.5. The molecule has 0 spiro atoms. The molecule has 1 heterocycles. The number of benzene rings is 1. The van der Waals surface area contributed by atoms with E-state index >= 15 is 0 Å². The number of carbonyl (C=O) groups is 1. The Labute approximate surface area is 134 Å². The number of hydrogen-bond donors (Lipinski definition) is 2. The summed E-state index contributed by atoms with van der Waals surface area (Å²) in [5, 5.41) is 9.36. The van der Waals surface area contributed by atoms with Gasteiger partial charge in [0.1, 0.15) is 11.4 Å².